The fourth-order valence-electron chi connectivity index (χ4n) is 2.36. The molecule has 0 radical (unpaired) electrons. The molecule has 1 aromatic rings. The zero-order valence-electron chi connectivity index (χ0n) is 21.0. The van der Waals surface area contributed by atoms with Crippen LogP contribution in [-0.2, 0) is 44.6 Å². The van der Waals surface area contributed by atoms with E-state index < -0.39 is 41.7 Å². The van der Waals surface area contributed by atoms with E-state index in [1.807, 2.05) is 0 Å². The Morgan fingerprint density at radius 3 is 2.00 bits per heavy atom. The highest BCUT2D eigenvalue weighted by Crippen LogP contribution is 2.19. The summed E-state index contributed by atoms with van der Waals surface area (Å²) in [7, 11) is 0. The fourth-order valence-corrected chi connectivity index (χ4v) is 2.36. The van der Waals surface area contributed by atoms with E-state index in [0.29, 0.717) is 5.56 Å². The first-order chi connectivity index (χ1) is 17.2. The number of ketones is 1. The van der Waals surface area contributed by atoms with Crippen molar-refractivity contribution in [3.8, 4) is 0 Å². The number of hydrogen-bond donors (Lipinski definition) is 2. The number of aliphatic carboxylic acids is 1. The number of amides is 1. The van der Waals surface area contributed by atoms with E-state index in [-0.39, 0.29) is 36.7 Å². The van der Waals surface area contributed by atoms with Gasteiger partial charge in [0.25, 0.3) is 0 Å². The van der Waals surface area contributed by atoms with E-state index in [2.05, 4.69) is 29.8 Å². The highest BCUT2D eigenvalue weighted by Gasteiger charge is 2.33. The van der Waals surface area contributed by atoms with Gasteiger partial charge in [-0.05, 0) is 32.5 Å². The quantitative estimate of drug-likeness (QED) is 0.0991. The number of hydrogen-bond acceptors (Lipinski definition) is 9. The number of Topliss-reactive ketones (excluding diaryl/α,β-unsaturated/α-hetero) is 1. The largest absolute Gasteiger partial charge is 0.478 e. The maximum Gasteiger partial charge on any atom is 0.330 e. The zero-order chi connectivity index (χ0) is 28.6. The van der Waals surface area contributed by atoms with Crippen molar-refractivity contribution < 1.29 is 48.1 Å². The summed E-state index contributed by atoms with van der Waals surface area (Å²) >= 11 is 0. The summed E-state index contributed by atoms with van der Waals surface area (Å²) in [6, 6.07) is 6.27. The number of carboxylic acids is 1. The Balaban J connectivity index is 0.00000192. The van der Waals surface area contributed by atoms with E-state index in [9.17, 15) is 28.8 Å². The molecule has 0 bridgehead atoms. The molecule has 2 N–H and O–H groups in total. The van der Waals surface area contributed by atoms with Crippen LogP contribution in [0.15, 0.2) is 61.9 Å². The molecule has 200 valence electrons. The standard InChI is InChI=1S/C22H25NO8.C4H6O2/c1-5-18(25)29-11-12-30-19(26)14-20(27)31-22(3,4)21(28)16-9-7-15(8-10-16)13-17(24)23-6-2;1-3(2)4(5)6/h5-10H,1-2,11-14H2,3-4H3,(H,23,24);1H2,2H3,(H,5,6). The number of ether oxygens (including phenoxy) is 3. The lowest BCUT2D eigenvalue weighted by Crippen LogP contribution is -2.38. The SMILES string of the molecule is C=C(C)C(=O)O.C=CNC(=O)Cc1ccc(C(=O)C(C)(C)OC(=O)CC(=O)OCCOC(=O)C=C)cc1. The van der Waals surface area contributed by atoms with Gasteiger partial charge in [-0.2, -0.15) is 0 Å². The van der Waals surface area contributed by atoms with Gasteiger partial charge in [0.1, 0.15) is 19.6 Å². The van der Waals surface area contributed by atoms with Gasteiger partial charge < -0.3 is 24.6 Å². The Labute approximate surface area is 214 Å². The van der Waals surface area contributed by atoms with Gasteiger partial charge in [-0.15, -0.1) is 0 Å². The van der Waals surface area contributed by atoms with Crippen LogP contribution in [0.4, 0.5) is 0 Å². The molecule has 0 atom stereocenters. The van der Waals surface area contributed by atoms with Crippen LogP contribution >= 0.6 is 0 Å². The first kappa shape index (κ1) is 32.5. The average molecular weight is 518 g/mol. The highest BCUT2D eigenvalue weighted by molar-refractivity contribution is 6.03. The number of nitrogens with one attached hydrogen (secondary N) is 1. The molecular weight excluding hydrogens is 486 g/mol. The number of carbonyl (C=O) groups is 6. The summed E-state index contributed by atoms with van der Waals surface area (Å²) in [6.07, 6.45) is 1.66. The van der Waals surface area contributed by atoms with Crippen molar-refractivity contribution in [1.29, 1.82) is 0 Å². The normalized spacial score (nSPS) is 9.92. The summed E-state index contributed by atoms with van der Waals surface area (Å²) < 4.78 is 14.5. The molecule has 1 aromatic carbocycles. The molecule has 1 rings (SSSR count). The Bertz CT molecular complexity index is 1030. The van der Waals surface area contributed by atoms with E-state index in [4.69, 9.17) is 14.6 Å². The van der Waals surface area contributed by atoms with Crippen LogP contribution in [-0.4, -0.2) is 59.5 Å². The predicted molar refractivity (Wildman–Crippen MR) is 132 cm³/mol. The van der Waals surface area contributed by atoms with Gasteiger partial charge in [-0.3, -0.25) is 19.2 Å². The first-order valence-corrected chi connectivity index (χ1v) is 10.8. The second kappa shape index (κ2) is 16.2. The maximum absolute atomic E-state index is 12.7. The van der Waals surface area contributed by atoms with Crippen molar-refractivity contribution in [2.24, 2.45) is 0 Å². The van der Waals surface area contributed by atoms with Crippen LogP contribution in [0.5, 0.6) is 0 Å². The van der Waals surface area contributed by atoms with Crippen molar-refractivity contribution >= 4 is 35.6 Å². The Hall–Kier alpha value is -4.54. The minimum Gasteiger partial charge on any atom is -0.478 e. The van der Waals surface area contributed by atoms with Gasteiger partial charge in [-0.1, -0.05) is 44.0 Å². The molecule has 37 heavy (non-hydrogen) atoms. The minimum absolute atomic E-state index is 0.119. The molecule has 0 heterocycles. The molecule has 11 heteroatoms. The molecule has 0 aliphatic heterocycles. The van der Waals surface area contributed by atoms with Crippen LogP contribution < -0.4 is 5.32 Å². The topological polar surface area (TPSA) is 162 Å². The van der Waals surface area contributed by atoms with E-state index in [0.717, 1.165) is 6.08 Å². The van der Waals surface area contributed by atoms with Gasteiger partial charge in [-0.25, -0.2) is 9.59 Å². The third kappa shape index (κ3) is 13.8. The molecule has 0 fully saturated rings. The number of carbonyl (C=O) groups excluding carboxylic acids is 5. The second-order valence-electron chi connectivity index (χ2n) is 7.81. The molecule has 0 aliphatic rings. The average Bonchev–Trinajstić information content (AvgIpc) is 2.81. The Kier molecular flexibility index (Phi) is 14.2. The van der Waals surface area contributed by atoms with Crippen molar-refractivity contribution in [2.75, 3.05) is 13.2 Å². The van der Waals surface area contributed by atoms with Crippen LogP contribution in [0.2, 0.25) is 0 Å². The second-order valence-corrected chi connectivity index (χ2v) is 7.81. The third-order valence-corrected chi connectivity index (χ3v) is 4.17. The molecule has 1 amide bonds. The Morgan fingerprint density at radius 1 is 0.973 bits per heavy atom. The maximum atomic E-state index is 12.7. The number of benzene rings is 1. The zero-order valence-corrected chi connectivity index (χ0v) is 21.0. The van der Waals surface area contributed by atoms with Gasteiger partial charge in [0.05, 0.1) is 6.42 Å². The number of carboxylic acid groups (broad SMARTS) is 1. The summed E-state index contributed by atoms with van der Waals surface area (Å²) in [5.74, 6) is -4.14. The summed E-state index contributed by atoms with van der Waals surface area (Å²) in [4.78, 5) is 68.4. The predicted octanol–water partition coefficient (Wildman–Crippen LogP) is 2.30. The number of esters is 3. The lowest BCUT2D eigenvalue weighted by atomic mass is 9.95. The van der Waals surface area contributed by atoms with Crippen molar-refractivity contribution in [3.05, 3.63) is 73.0 Å². The molecule has 0 spiro atoms. The first-order valence-electron chi connectivity index (χ1n) is 10.8. The molecule has 0 saturated carbocycles. The third-order valence-electron chi connectivity index (χ3n) is 4.17. The Morgan fingerprint density at radius 2 is 1.51 bits per heavy atom. The van der Waals surface area contributed by atoms with E-state index >= 15 is 0 Å². The van der Waals surface area contributed by atoms with Crippen molar-refractivity contribution in [3.63, 3.8) is 0 Å². The molecule has 0 unspecified atom stereocenters. The lowest BCUT2D eigenvalue weighted by molar-refractivity contribution is -0.161. The summed E-state index contributed by atoms with van der Waals surface area (Å²) in [6.45, 7) is 13.6. The smallest absolute Gasteiger partial charge is 0.330 e. The van der Waals surface area contributed by atoms with E-state index in [1.165, 1.54) is 39.1 Å². The molecule has 11 nitrogen and oxygen atoms in total. The van der Waals surface area contributed by atoms with Crippen LogP contribution in [0.25, 0.3) is 0 Å². The lowest BCUT2D eigenvalue weighted by Gasteiger charge is -2.23. The monoisotopic (exact) mass is 517 g/mol. The highest BCUT2D eigenvalue weighted by atomic mass is 16.6. The summed E-state index contributed by atoms with van der Waals surface area (Å²) in [5.41, 5.74) is -0.391. The fraction of sp³-hybridized carbons (Fsp3) is 0.308. The molecule has 0 aliphatic carbocycles. The molecule has 0 aromatic heterocycles. The van der Waals surface area contributed by atoms with Crippen LogP contribution in [0, 0.1) is 0 Å². The van der Waals surface area contributed by atoms with Gasteiger partial charge in [0, 0.05) is 17.2 Å². The van der Waals surface area contributed by atoms with Crippen LogP contribution in [0.3, 0.4) is 0 Å². The van der Waals surface area contributed by atoms with Crippen LogP contribution in [0.1, 0.15) is 43.1 Å². The van der Waals surface area contributed by atoms with Gasteiger partial charge in [0.2, 0.25) is 11.7 Å². The van der Waals surface area contributed by atoms with Gasteiger partial charge in [0.15, 0.2) is 5.60 Å². The van der Waals surface area contributed by atoms with Crippen molar-refractivity contribution in [2.45, 2.75) is 39.2 Å². The van der Waals surface area contributed by atoms with Gasteiger partial charge >= 0.3 is 23.9 Å². The summed E-state index contributed by atoms with van der Waals surface area (Å²) in [5, 5.41) is 10.3. The molecular formula is C26H31NO10. The molecule has 0 saturated heterocycles. The van der Waals surface area contributed by atoms with Crippen molar-refractivity contribution in [1.82, 2.24) is 5.32 Å². The van der Waals surface area contributed by atoms with E-state index in [1.54, 1.807) is 12.1 Å². The number of rotatable bonds is 13. The minimum atomic E-state index is -1.53.